The molecule has 1 fully saturated rings. The molecule has 7 heteroatoms. The van der Waals surface area contributed by atoms with E-state index in [4.69, 9.17) is 11.6 Å². The molecule has 2 aromatic rings. The number of nitrogens with zero attached hydrogens (tertiary/aromatic N) is 4. The Morgan fingerprint density at radius 3 is 2.63 bits per heavy atom. The summed E-state index contributed by atoms with van der Waals surface area (Å²) in [7, 11) is 0. The van der Waals surface area contributed by atoms with Gasteiger partial charge < -0.3 is 15.1 Å². The smallest absolute Gasteiger partial charge is 0.231 e. The van der Waals surface area contributed by atoms with Gasteiger partial charge in [-0.25, -0.2) is 9.97 Å². The molecule has 2 heterocycles. The maximum absolute atomic E-state index is 13.4. The molecule has 160 valence electrons. The number of fused-ring (bicyclic) bond motifs is 1. The van der Waals surface area contributed by atoms with Gasteiger partial charge in [-0.1, -0.05) is 37.6 Å². The lowest BCUT2D eigenvalue weighted by Crippen LogP contribution is -2.51. The molecule has 0 saturated carbocycles. The standard InChI is InChI=1S/C23H30ClN5O/c1-3-25-14-19(17-5-7-18(24)8-6-17)23(30)29-12-10-28(11-13-29)22-21-16(2)4-9-20(21)26-15-27-22/h5-8,15-16,19,25H,3-4,9-14H2,1-2H3. The van der Waals surface area contributed by atoms with Crippen LogP contribution in [0, 0.1) is 0 Å². The lowest BCUT2D eigenvalue weighted by molar-refractivity contribution is -0.133. The highest BCUT2D eigenvalue weighted by atomic mass is 35.5. The number of benzene rings is 1. The van der Waals surface area contributed by atoms with E-state index in [2.05, 4.69) is 34.0 Å². The fraction of sp³-hybridized carbons (Fsp3) is 0.522. The number of halogens is 1. The molecule has 4 rings (SSSR count). The third kappa shape index (κ3) is 4.30. The predicted molar refractivity (Wildman–Crippen MR) is 120 cm³/mol. The summed E-state index contributed by atoms with van der Waals surface area (Å²) in [6.45, 7) is 8.81. The second-order valence-electron chi connectivity index (χ2n) is 8.22. The third-order valence-corrected chi connectivity index (χ3v) is 6.56. The van der Waals surface area contributed by atoms with E-state index in [-0.39, 0.29) is 11.8 Å². The lowest BCUT2D eigenvalue weighted by Gasteiger charge is -2.38. The van der Waals surface area contributed by atoms with Gasteiger partial charge in [0.2, 0.25) is 5.91 Å². The fourth-order valence-electron chi connectivity index (χ4n) is 4.57. The van der Waals surface area contributed by atoms with Gasteiger partial charge in [0.25, 0.3) is 0 Å². The SMILES string of the molecule is CCNCC(C(=O)N1CCN(c2ncnc3c2C(C)CC3)CC1)c1ccc(Cl)cc1. The van der Waals surface area contributed by atoms with E-state index in [9.17, 15) is 4.79 Å². The summed E-state index contributed by atoms with van der Waals surface area (Å²) < 4.78 is 0. The molecule has 30 heavy (non-hydrogen) atoms. The third-order valence-electron chi connectivity index (χ3n) is 6.31. The number of piperazine rings is 1. The second-order valence-corrected chi connectivity index (χ2v) is 8.66. The van der Waals surface area contributed by atoms with Crippen LogP contribution in [0.1, 0.15) is 48.9 Å². The van der Waals surface area contributed by atoms with E-state index in [1.54, 1.807) is 6.33 Å². The van der Waals surface area contributed by atoms with Crippen molar-refractivity contribution in [3.05, 3.63) is 52.4 Å². The number of anilines is 1. The molecule has 1 amide bonds. The van der Waals surface area contributed by atoms with Crippen LogP contribution in [0.5, 0.6) is 0 Å². The van der Waals surface area contributed by atoms with Gasteiger partial charge in [-0.2, -0.15) is 0 Å². The highest BCUT2D eigenvalue weighted by Gasteiger charge is 2.31. The largest absolute Gasteiger partial charge is 0.353 e. The molecule has 1 aromatic heterocycles. The van der Waals surface area contributed by atoms with Gasteiger partial charge in [0.1, 0.15) is 12.1 Å². The number of amides is 1. The normalized spacial score (nSPS) is 19.6. The molecule has 6 nitrogen and oxygen atoms in total. The molecular formula is C23H30ClN5O. The first-order chi connectivity index (χ1) is 14.6. The molecule has 0 bridgehead atoms. The van der Waals surface area contributed by atoms with Crippen LogP contribution in [0.4, 0.5) is 5.82 Å². The Labute approximate surface area is 183 Å². The second kappa shape index (κ2) is 9.31. The number of aryl methyl sites for hydroxylation is 1. The monoisotopic (exact) mass is 427 g/mol. The summed E-state index contributed by atoms with van der Waals surface area (Å²) in [5, 5.41) is 4.03. The highest BCUT2D eigenvalue weighted by Crippen LogP contribution is 2.37. The predicted octanol–water partition coefficient (Wildman–Crippen LogP) is 3.22. The summed E-state index contributed by atoms with van der Waals surface area (Å²) in [6, 6.07) is 7.64. The van der Waals surface area contributed by atoms with Gasteiger partial charge in [0, 0.05) is 49.0 Å². The van der Waals surface area contributed by atoms with Crippen LogP contribution in [0.2, 0.25) is 5.02 Å². The molecule has 1 aliphatic carbocycles. The minimum Gasteiger partial charge on any atom is -0.353 e. The van der Waals surface area contributed by atoms with Crippen LogP contribution in [0.3, 0.4) is 0 Å². The van der Waals surface area contributed by atoms with Crippen molar-refractivity contribution in [3.63, 3.8) is 0 Å². The molecule has 2 unspecified atom stereocenters. The number of likely N-dealkylation sites (N-methyl/N-ethyl adjacent to an activating group) is 1. The van der Waals surface area contributed by atoms with Crippen molar-refractivity contribution in [2.75, 3.05) is 44.2 Å². The van der Waals surface area contributed by atoms with Crippen LogP contribution < -0.4 is 10.2 Å². The summed E-state index contributed by atoms with van der Waals surface area (Å²) in [4.78, 5) is 26.8. The first-order valence-electron chi connectivity index (χ1n) is 10.9. The van der Waals surface area contributed by atoms with Crippen molar-refractivity contribution in [1.29, 1.82) is 0 Å². The van der Waals surface area contributed by atoms with Crippen LogP contribution >= 0.6 is 11.6 Å². The van der Waals surface area contributed by atoms with Crippen LogP contribution in [0.25, 0.3) is 0 Å². The maximum atomic E-state index is 13.4. The maximum Gasteiger partial charge on any atom is 0.231 e. The van der Waals surface area contributed by atoms with Gasteiger partial charge in [-0.3, -0.25) is 4.79 Å². The number of hydrogen-bond acceptors (Lipinski definition) is 5. The number of rotatable bonds is 6. The topological polar surface area (TPSA) is 61.4 Å². The number of carbonyl (C=O) groups excluding carboxylic acids is 1. The molecule has 0 radical (unpaired) electrons. The molecule has 0 spiro atoms. The van der Waals surface area contributed by atoms with Crippen LogP contribution in [-0.2, 0) is 11.2 Å². The Balaban J connectivity index is 1.45. The molecule has 1 N–H and O–H groups in total. The quantitative estimate of drug-likeness (QED) is 0.766. The zero-order valence-corrected chi connectivity index (χ0v) is 18.5. The summed E-state index contributed by atoms with van der Waals surface area (Å²) in [5.41, 5.74) is 3.51. The minimum absolute atomic E-state index is 0.180. The zero-order valence-electron chi connectivity index (χ0n) is 17.8. The van der Waals surface area contributed by atoms with E-state index >= 15 is 0 Å². The summed E-state index contributed by atoms with van der Waals surface area (Å²) in [6.07, 6.45) is 3.88. The van der Waals surface area contributed by atoms with Crippen molar-refractivity contribution in [3.8, 4) is 0 Å². The average molecular weight is 428 g/mol. The molecule has 1 aromatic carbocycles. The highest BCUT2D eigenvalue weighted by molar-refractivity contribution is 6.30. The van der Waals surface area contributed by atoms with Crippen molar-refractivity contribution in [1.82, 2.24) is 20.2 Å². The van der Waals surface area contributed by atoms with Crippen LogP contribution in [0.15, 0.2) is 30.6 Å². The van der Waals surface area contributed by atoms with E-state index in [0.29, 0.717) is 30.6 Å². The van der Waals surface area contributed by atoms with Gasteiger partial charge in [-0.15, -0.1) is 0 Å². The van der Waals surface area contributed by atoms with E-state index < -0.39 is 0 Å². The lowest BCUT2D eigenvalue weighted by atomic mass is 9.97. The zero-order chi connectivity index (χ0) is 21.1. The molecule has 1 aliphatic heterocycles. The molecule has 1 saturated heterocycles. The Morgan fingerprint density at radius 2 is 1.93 bits per heavy atom. The van der Waals surface area contributed by atoms with Gasteiger partial charge in [0.05, 0.1) is 5.92 Å². The van der Waals surface area contributed by atoms with E-state index in [1.807, 2.05) is 29.2 Å². The van der Waals surface area contributed by atoms with Crippen LogP contribution in [-0.4, -0.2) is 60.0 Å². The Bertz CT molecular complexity index is 880. The Kier molecular flexibility index (Phi) is 6.54. The van der Waals surface area contributed by atoms with Gasteiger partial charge in [-0.05, 0) is 43.0 Å². The summed E-state index contributed by atoms with van der Waals surface area (Å²) >= 11 is 6.05. The number of nitrogens with one attached hydrogen (secondary N) is 1. The Morgan fingerprint density at radius 1 is 1.20 bits per heavy atom. The van der Waals surface area contributed by atoms with Crippen molar-refractivity contribution < 1.29 is 4.79 Å². The number of carbonyl (C=O) groups is 1. The Hall–Kier alpha value is -2.18. The minimum atomic E-state index is -0.197. The van der Waals surface area contributed by atoms with E-state index in [1.165, 1.54) is 11.3 Å². The van der Waals surface area contributed by atoms with E-state index in [0.717, 1.165) is 43.9 Å². The first-order valence-corrected chi connectivity index (χ1v) is 11.3. The summed E-state index contributed by atoms with van der Waals surface area (Å²) in [5.74, 6) is 1.56. The fourth-order valence-corrected chi connectivity index (χ4v) is 4.69. The van der Waals surface area contributed by atoms with Crippen molar-refractivity contribution >= 4 is 23.3 Å². The molecule has 2 atom stereocenters. The molecular weight excluding hydrogens is 398 g/mol. The van der Waals surface area contributed by atoms with Gasteiger partial charge >= 0.3 is 0 Å². The van der Waals surface area contributed by atoms with Crippen molar-refractivity contribution in [2.24, 2.45) is 0 Å². The number of aromatic nitrogens is 2. The van der Waals surface area contributed by atoms with Gasteiger partial charge in [0.15, 0.2) is 0 Å². The first kappa shape index (κ1) is 21.1. The average Bonchev–Trinajstić information content (AvgIpc) is 3.16. The number of hydrogen-bond donors (Lipinski definition) is 1. The molecule has 2 aliphatic rings. The van der Waals surface area contributed by atoms with Crippen molar-refractivity contribution in [2.45, 2.75) is 38.5 Å².